The van der Waals surface area contributed by atoms with Gasteiger partial charge in [-0.3, -0.25) is 4.99 Å². The van der Waals surface area contributed by atoms with Crippen LogP contribution in [0.1, 0.15) is 52.9 Å². The third-order valence-electron chi connectivity index (χ3n) is 4.45. The van der Waals surface area contributed by atoms with E-state index in [2.05, 4.69) is 22.3 Å². The molecule has 0 atom stereocenters. The van der Waals surface area contributed by atoms with Crippen LogP contribution in [-0.2, 0) is 10.0 Å². The predicted octanol–water partition coefficient (Wildman–Crippen LogP) is 2.07. The summed E-state index contributed by atoms with van der Waals surface area (Å²) in [5.41, 5.74) is 0.367. The van der Waals surface area contributed by atoms with Crippen molar-refractivity contribution in [3.63, 3.8) is 0 Å². The molecule has 0 heterocycles. The Morgan fingerprint density at radius 3 is 2.26 bits per heavy atom. The summed E-state index contributed by atoms with van der Waals surface area (Å²) in [6.07, 6.45) is 6.33. The fourth-order valence-corrected chi connectivity index (χ4v) is 3.44. The van der Waals surface area contributed by atoms with Crippen molar-refractivity contribution < 1.29 is 8.42 Å². The number of hydrogen-bond acceptors (Lipinski definition) is 3. The highest BCUT2D eigenvalue weighted by Crippen LogP contribution is 2.41. The second kappa shape index (κ2) is 11.5. The number of sulfonamides is 1. The van der Waals surface area contributed by atoms with Crippen molar-refractivity contribution in [1.82, 2.24) is 15.4 Å². The van der Waals surface area contributed by atoms with Crippen molar-refractivity contribution in [3.8, 4) is 0 Å². The number of hydrogen-bond donors (Lipinski definition) is 3. The van der Waals surface area contributed by atoms with Crippen LogP contribution in [0.2, 0.25) is 0 Å². The van der Waals surface area contributed by atoms with Crippen molar-refractivity contribution in [2.45, 2.75) is 52.9 Å². The minimum Gasteiger partial charge on any atom is -0.357 e. The van der Waals surface area contributed by atoms with Gasteiger partial charge in [-0.1, -0.05) is 19.8 Å². The molecule has 23 heavy (non-hydrogen) atoms. The lowest BCUT2D eigenvalue weighted by molar-refractivity contribution is 0.297. The fraction of sp³-hybridized carbons (Fsp3) is 0.933. The highest BCUT2D eigenvalue weighted by Gasteiger charge is 2.31. The maximum Gasteiger partial charge on any atom is 0.211 e. The molecule has 0 aromatic rings. The van der Waals surface area contributed by atoms with Crippen LogP contribution in [0.3, 0.4) is 0 Å². The van der Waals surface area contributed by atoms with Gasteiger partial charge in [0.2, 0.25) is 10.0 Å². The normalized spacial score (nSPS) is 17.6. The lowest BCUT2D eigenvalue weighted by atomic mass is 9.84. The molecule has 1 saturated carbocycles. The molecular weight excluding hydrogens is 427 g/mol. The Morgan fingerprint density at radius 1 is 1.09 bits per heavy atom. The number of nitrogens with one attached hydrogen (secondary N) is 3. The first-order chi connectivity index (χ1) is 10.5. The SMILES string of the molecule is CCNC(=NCC1(CC)CCCC1)NCCNS(=O)(=O)CC.I. The topological polar surface area (TPSA) is 82.6 Å². The quantitative estimate of drug-likeness (QED) is 0.213. The molecule has 1 aliphatic carbocycles. The van der Waals surface area contributed by atoms with Crippen LogP contribution in [-0.4, -0.2) is 46.3 Å². The smallest absolute Gasteiger partial charge is 0.211 e. The predicted molar refractivity (Wildman–Crippen MR) is 108 cm³/mol. The van der Waals surface area contributed by atoms with Gasteiger partial charge in [0.15, 0.2) is 5.96 Å². The van der Waals surface area contributed by atoms with E-state index in [0.717, 1.165) is 19.0 Å². The maximum absolute atomic E-state index is 11.4. The number of aliphatic imine (C=N–C) groups is 1. The summed E-state index contributed by atoms with van der Waals surface area (Å²) in [5, 5.41) is 6.42. The minimum atomic E-state index is -3.12. The molecule has 3 N–H and O–H groups in total. The molecule has 1 rings (SSSR count). The minimum absolute atomic E-state index is 0. The summed E-state index contributed by atoms with van der Waals surface area (Å²) >= 11 is 0. The third kappa shape index (κ3) is 8.53. The monoisotopic (exact) mass is 460 g/mol. The zero-order valence-corrected chi connectivity index (χ0v) is 17.8. The van der Waals surface area contributed by atoms with Gasteiger partial charge in [-0.2, -0.15) is 0 Å². The van der Waals surface area contributed by atoms with E-state index in [-0.39, 0.29) is 29.7 Å². The van der Waals surface area contributed by atoms with Gasteiger partial charge in [-0.15, -0.1) is 24.0 Å². The van der Waals surface area contributed by atoms with Crippen molar-refractivity contribution in [2.24, 2.45) is 10.4 Å². The molecule has 0 aromatic heterocycles. The average molecular weight is 460 g/mol. The number of nitrogens with zero attached hydrogens (tertiary/aromatic N) is 1. The van der Waals surface area contributed by atoms with Crippen LogP contribution in [0.15, 0.2) is 4.99 Å². The van der Waals surface area contributed by atoms with E-state index in [0.29, 0.717) is 18.5 Å². The van der Waals surface area contributed by atoms with Gasteiger partial charge in [0.05, 0.1) is 5.75 Å². The first-order valence-corrected chi connectivity index (χ1v) is 10.1. The second-order valence-electron chi connectivity index (χ2n) is 5.98. The molecule has 138 valence electrons. The molecule has 8 heteroatoms. The summed E-state index contributed by atoms with van der Waals surface area (Å²) < 4.78 is 25.3. The van der Waals surface area contributed by atoms with Crippen LogP contribution in [0.5, 0.6) is 0 Å². The van der Waals surface area contributed by atoms with Gasteiger partial charge < -0.3 is 10.6 Å². The summed E-state index contributed by atoms with van der Waals surface area (Å²) in [6, 6.07) is 0. The Bertz CT molecular complexity index is 448. The molecule has 0 aliphatic heterocycles. The van der Waals surface area contributed by atoms with Gasteiger partial charge in [0, 0.05) is 26.2 Å². The van der Waals surface area contributed by atoms with Crippen LogP contribution >= 0.6 is 24.0 Å². The van der Waals surface area contributed by atoms with E-state index < -0.39 is 10.0 Å². The van der Waals surface area contributed by atoms with Gasteiger partial charge in [0.1, 0.15) is 0 Å². The average Bonchev–Trinajstić information content (AvgIpc) is 2.98. The van der Waals surface area contributed by atoms with Crippen LogP contribution < -0.4 is 15.4 Å². The van der Waals surface area contributed by atoms with Gasteiger partial charge >= 0.3 is 0 Å². The van der Waals surface area contributed by atoms with Gasteiger partial charge in [-0.05, 0) is 38.5 Å². The summed E-state index contributed by atoms with van der Waals surface area (Å²) in [7, 11) is -3.12. The van der Waals surface area contributed by atoms with Crippen molar-refractivity contribution in [2.75, 3.05) is 31.9 Å². The van der Waals surface area contributed by atoms with Crippen molar-refractivity contribution in [1.29, 1.82) is 0 Å². The Morgan fingerprint density at radius 2 is 1.74 bits per heavy atom. The molecule has 0 spiro atoms. The lowest BCUT2D eigenvalue weighted by Gasteiger charge is -2.25. The largest absolute Gasteiger partial charge is 0.357 e. The molecular formula is C15H33IN4O2S. The number of halogens is 1. The van der Waals surface area contributed by atoms with E-state index in [1.807, 2.05) is 6.92 Å². The molecule has 0 radical (unpaired) electrons. The number of guanidine groups is 1. The highest BCUT2D eigenvalue weighted by atomic mass is 127. The lowest BCUT2D eigenvalue weighted by Crippen LogP contribution is -2.42. The van der Waals surface area contributed by atoms with Gasteiger partial charge in [-0.25, -0.2) is 13.1 Å². The van der Waals surface area contributed by atoms with E-state index in [1.165, 1.54) is 32.1 Å². The Kier molecular flexibility index (Phi) is 11.4. The van der Waals surface area contributed by atoms with E-state index in [4.69, 9.17) is 4.99 Å². The van der Waals surface area contributed by atoms with Crippen molar-refractivity contribution in [3.05, 3.63) is 0 Å². The van der Waals surface area contributed by atoms with Crippen LogP contribution in [0, 0.1) is 5.41 Å². The van der Waals surface area contributed by atoms with Crippen LogP contribution in [0.25, 0.3) is 0 Å². The molecule has 0 aromatic carbocycles. The molecule has 1 fully saturated rings. The third-order valence-corrected chi connectivity index (χ3v) is 5.85. The summed E-state index contributed by atoms with van der Waals surface area (Å²) in [5.74, 6) is 0.887. The zero-order chi connectivity index (χ0) is 16.5. The molecule has 6 nitrogen and oxygen atoms in total. The summed E-state index contributed by atoms with van der Waals surface area (Å²) in [4.78, 5) is 4.71. The highest BCUT2D eigenvalue weighted by molar-refractivity contribution is 14.0. The number of rotatable bonds is 9. The van der Waals surface area contributed by atoms with E-state index >= 15 is 0 Å². The Labute approximate surface area is 158 Å². The first-order valence-electron chi connectivity index (χ1n) is 8.46. The first kappa shape index (κ1) is 22.9. The Hall–Kier alpha value is -0.0900. The maximum atomic E-state index is 11.4. The molecule has 0 amide bonds. The molecule has 0 unspecified atom stereocenters. The fourth-order valence-electron chi connectivity index (χ4n) is 2.83. The van der Waals surface area contributed by atoms with Gasteiger partial charge in [0.25, 0.3) is 0 Å². The second-order valence-corrected chi connectivity index (χ2v) is 8.08. The summed E-state index contributed by atoms with van der Waals surface area (Å²) in [6.45, 7) is 8.46. The molecule has 0 saturated heterocycles. The van der Waals surface area contributed by atoms with Crippen molar-refractivity contribution >= 4 is 40.0 Å². The van der Waals surface area contributed by atoms with Crippen LogP contribution in [0.4, 0.5) is 0 Å². The van der Waals surface area contributed by atoms with E-state index in [1.54, 1.807) is 6.92 Å². The van der Waals surface area contributed by atoms with E-state index in [9.17, 15) is 8.42 Å². The molecule has 0 bridgehead atoms. The molecule has 1 aliphatic rings. The Balaban J connectivity index is 0.00000484. The standard InChI is InChI=1S/C15H32N4O2S.HI/c1-4-15(9-7-8-10-15)13-18-14(16-5-2)17-11-12-19-22(20,21)6-3;/h19H,4-13H2,1-3H3,(H2,16,17,18);1H. The zero-order valence-electron chi connectivity index (χ0n) is 14.7.